The Hall–Kier alpha value is -2.91. The zero-order valence-electron chi connectivity index (χ0n) is 18.7. The first-order valence-corrected chi connectivity index (χ1v) is 11.9. The smallest absolute Gasteiger partial charge is 0.351 e. The Morgan fingerprint density at radius 1 is 1.24 bits per heavy atom. The fourth-order valence-corrected chi connectivity index (χ4v) is 4.92. The van der Waals surface area contributed by atoms with Crippen molar-refractivity contribution in [1.82, 2.24) is 14.5 Å². The molecule has 1 aliphatic rings. The van der Waals surface area contributed by atoms with Crippen LogP contribution >= 0.6 is 24.5 Å². The second-order valence-electron chi connectivity index (χ2n) is 8.63. The van der Waals surface area contributed by atoms with Crippen LogP contribution in [0.5, 0.6) is 0 Å². The van der Waals surface area contributed by atoms with Crippen LogP contribution in [-0.2, 0) is 8.98 Å². The Morgan fingerprint density at radius 3 is 2.68 bits per heavy atom. The molecule has 1 N–H and O–H groups in total. The van der Waals surface area contributed by atoms with Crippen molar-refractivity contribution in [2.75, 3.05) is 5.32 Å². The Bertz CT molecular complexity index is 1270. The monoisotopic (exact) mass is 500 g/mol. The molecule has 0 radical (unpaired) electrons. The summed E-state index contributed by atoms with van der Waals surface area (Å²) in [6.45, 7) is 1.84. The van der Waals surface area contributed by atoms with Crippen LogP contribution in [0.3, 0.4) is 0 Å². The average molecular weight is 501 g/mol. The molecule has 3 aromatic rings. The normalized spacial score (nSPS) is 15.1. The number of fused-ring (bicyclic) bond motifs is 1. The first kappa shape index (κ1) is 24.2. The predicted molar refractivity (Wildman–Crippen MR) is 133 cm³/mol. The predicted octanol–water partition coefficient (Wildman–Crippen LogP) is 4.91. The van der Waals surface area contributed by atoms with Crippen molar-refractivity contribution in [2.24, 2.45) is 5.92 Å². The summed E-state index contributed by atoms with van der Waals surface area (Å²) in [4.78, 5) is 47.0. The summed E-state index contributed by atoms with van der Waals surface area (Å²) in [5.41, 5.74) is 1.25. The molecule has 34 heavy (non-hydrogen) atoms. The highest BCUT2D eigenvalue weighted by molar-refractivity contribution is 7.75. The lowest BCUT2D eigenvalue weighted by atomic mass is 9.84. The van der Waals surface area contributed by atoms with E-state index < -0.39 is 12.0 Å². The van der Waals surface area contributed by atoms with E-state index in [2.05, 4.69) is 32.4 Å². The molecule has 1 unspecified atom stereocenters. The van der Waals surface area contributed by atoms with Crippen molar-refractivity contribution in [1.29, 1.82) is 0 Å². The number of halogens is 1. The number of nitrogens with zero attached hydrogens (tertiary/aromatic N) is 3. The number of carbonyl (C=O) groups excluding carboxylic acids is 2. The van der Waals surface area contributed by atoms with E-state index in [4.69, 9.17) is 11.6 Å². The lowest BCUT2D eigenvalue weighted by molar-refractivity contribution is -0.120. The van der Waals surface area contributed by atoms with E-state index in [-0.39, 0.29) is 22.8 Å². The quantitative estimate of drug-likeness (QED) is 0.368. The molecule has 2 heterocycles. The van der Waals surface area contributed by atoms with Gasteiger partial charge in [-0.1, -0.05) is 43.7 Å². The maximum absolute atomic E-state index is 13.4. The van der Waals surface area contributed by atoms with Crippen molar-refractivity contribution in [3.63, 3.8) is 0 Å². The van der Waals surface area contributed by atoms with Crippen molar-refractivity contribution >= 4 is 53.1 Å². The third-order valence-electron chi connectivity index (χ3n) is 6.29. The van der Waals surface area contributed by atoms with Gasteiger partial charge in [0, 0.05) is 24.1 Å². The van der Waals surface area contributed by atoms with Crippen LogP contribution in [0, 0.1) is 12.8 Å². The van der Waals surface area contributed by atoms with Gasteiger partial charge in [-0.25, -0.2) is 14.8 Å². The largest absolute Gasteiger partial charge is 0.391 e. The molecular formula is C24H25ClN4O4S. The molecule has 1 saturated carbocycles. The molecule has 1 aliphatic carbocycles. The maximum Gasteiger partial charge on any atom is 0.351 e. The van der Waals surface area contributed by atoms with Gasteiger partial charge in [-0.05, 0) is 49.1 Å². The molecule has 4 rings (SSSR count). The van der Waals surface area contributed by atoms with Crippen LogP contribution in [0.25, 0.3) is 10.9 Å². The number of hydrogen-bond acceptors (Lipinski definition) is 7. The minimum absolute atomic E-state index is 0.203. The van der Waals surface area contributed by atoms with Gasteiger partial charge in [0.1, 0.15) is 11.9 Å². The highest BCUT2D eigenvalue weighted by Gasteiger charge is 2.28. The number of hydrogen-bond donors (Lipinski definition) is 2. The molecule has 1 atom stereocenters. The molecule has 0 saturated heterocycles. The molecule has 0 bridgehead atoms. The van der Waals surface area contributed by atoms with Gasteiger partial charge in [-0.2, -0.15) is 0 Å². The fourth-order valence-electron chi connectivity index (χ4n) is 4.54. The van der Waals surface area contributed by atoms with Crippen molar-refractivity contribution in [3.8, 4) is 0 Å². The summed E-state index contributed by atoms with van der Waals surface area (Å²) in [6, 6.07) is 5.56. The fraction of sp³-hybridized carbons (Fsp3) is 0.375. The van der Waals surface area contributed by atoms with Gasteiger partial charge < -0.3 is 9.50 Å². The molecule has 10 heteroatoms. The molecule has 2 aromatic heterocycles. The van der Waals surface area contributed by atoms with Crippen LogP contribution in [0.15, 0.2) is 41.6 Å². The van der Waals surface area contributed by atoms with E-state index in [1.165, 1.54) is 35.6 Å². The van der Waals surface area contributed by atoms with Gasteiger partial charge in [-0.15, -0.1) is 0 Å². The standard InChI is InChI=1S/C24H25ClN4O4S/c1-14-9-17(25)11-18-21(14)27-13-29(23(18)31)19(10-15-5-3-2-4-6-15)22(30)28-20-8-7-16(12-26-20)24(32)33-34/h7-9,11-13,15,19,34H,2-6,10H2,1H3,(H,26,28,30). The number of anilines is 1. The molecule has 1 amide bonds. The van der Waals surface area contributed by atoms with Gasteiger partial charge in [0.25, 0.3) is 5.56 Å². The second-order valence-corrected chi connectivity index (χ2v) is 9.25. The minimum atomic E-state index is -0.768. The molecular weight excluding hydrogens is 476 g/mol. The molecule has 0 spiro atoms. The highest BCUT2D eigenvalue weighted by Crippen LogP contribution is 2.31. The van der Waals surface area contributed by atoms with Crippen LogP contribution in [0.4, 0.5) is 5.82 Å². The summed E-state index contributed by atoms with van der Waals surface area (Å²) in [5, 5.41) is 3.60. The first-order valence-electron chi connectivity index (χ1n) is 11.2. The van der Waals surface area contributed by atoms with Crippen molar-refractivity contribution < 1.29 is 13.8 Å². The molecule has 8 nitrogen and oxygen atoms in total. The average Bonchev–Trinajstić information content (AvgIpc) is 2.84. The van der Waals surface area contributed by atoms with Gasteiger partial charge in [-0.3, -0.25) is 14.2 Å². The number of benzene rings is 1. The maximum atomic E-state index is 13.4. The van der Waals surface area contributed by atoms with Gasteiger partial charge >= 0.3 is 5.97 Å². The van der Waals surface area contributed by atoms with E-state index in [0.717, 1.165) is 31.2 Å². The van der Waals surface area contributed by atoms with E-state index in [1.54, 1.807) is 12.1 Å². The molecule has 178 valence electrons. The zero-order chi connectivity index (χ0) is 24.2. The van der Waals surface area contributed by atoms with Crippen molar-refractivity contribution in [2.45, 2.75) is 51.5 Å². The Kier molecular flexibility index (Phi) is 7.53. The number of amides is 1. The Balaban J connectivity index is 1.68. The zero-order valence-corrected chi connectivity index (χ0v) is 20.3. The SMILES string of the molecule is Cc1cc(Cl)cc2c(=O)n(C(CC3CCCCC3)C(=O)Nc3ccc(C(=O)OS)cn3)cnc12. The van der Waals surface area contributed by atoms with Crippen molar-refractivity contribution in [3.05, 3.63) is 63.3 Å². The van der Waals surface area contributed by atoms with Gasteiger partial charge in [0.15, 0.2) is 0 Å². The third kappa shape index (κ3) is 5.26. The van der Waals surface area contributed by atoms with Gasteiger partial charge in [0.2, 0.25) is 5.91 Å². The lowest BCUT2D eigenvalue weighted by Gasteiger charge is -2.27. The Labute approximate surface area is 207 Å². The number of rotatable bonds is 6. The molecule has 0 aliphatic heterocycles. The number of pyridine rings is 1. The summed E-state index contributed by atoms with van der Waals surface area (Å²) in [7, 11) is 0. The molecule has 1 aromatic carbocycles. The van der Waals surface area contributed by atoms with E-state index in [0.29, 0.717) is 28.3 Å². The second kappa shape index (κ2) is 10.6. The highest BCUT2D eigenvalue weighted by atomic mass is 35.5. The third-order valence-corrected chi connectivity index (χ3v) is 6.68. The van der Waals surface area contributed by atoms with Gasteiger partial charge in [0.05, 0.1) is 22.8 Å². The molecule has 1 fully saturated rings. The Morgan fingerprint density at radius 2 is 2.00 bits per heavy atom. The summed E-state index contributed by atoms with van der Waals surface area (Å²) < 4.78 is 5.77. The first-order chi connectivity index (χ1) is 16.4. The number of carbonyl (C=O) groups is 2. The van der Waals surface area contributed by atoms with E-state index >= 15 is 0 Å². The summed E-state index contributed by atoms with van der Waals surface area (Å²) in [6.07, 6.45) is 8.70. The number of aryl methyl sites for hydroxylation is 1. The van der Waals surface area contributed by atoms with E-state index in [9.17, 15) is 14.4 Å². The summed E-state index contributed by atoms with van der Waals surface area (Å²) >= 11 is 9.69. The summed E-state index contributed by atoms with van der Waals surface area (Å²) in [5.74, 6) is -0.431. The van der Waals surface area contributed by atoms with E-state index in [1.807, 2.05) is 6.92 Å². The number of aromatic nitrogens is 3. The minimum Gasteiger partial charge on any atom is -0.391 e. The lowest BCUT2D eigenvalue weighted by Crippen LogP contribution is -2.35. The van der Waals surface area contributed by atoms with Crippen LogP contribution < -0.4 is 10.9 Å². The number of thiol groups is 1. The van der Waals surface area contributed by atoms with Crippen LogP contribution in [0.1, 0.15) is 60.5 Å². The number of nitrogens with one attached hydrogen (secondary N) is 1. The van der Waals surface area contributed by atoms with Crippen LogP contribution in [-0.4, -0.2) is 26.4 Å². The van der Waals surface area contributed by atoms with Crippen LogP contribution in [0.2, 0.25) is 5.02 Å². The topological polar surface area (TPSA) is 103 Å².